The Labute approximate surface area is 177 Å². The molecule has 0 aliphatic carbocycles. The van der Waals surface area contributed by atoms with E-state index in [0.717, 1.165) is 16.8 Å². The van der Waals surface area contributed by atoms with E-state index in [9.17, 15) is 9.59 Å². The molecule has 1 atom stereocenters. The van der Waals surface area contributed by atoms with Crippen molar-refractivity contribution in [1.82, 2.24) is 9.88 Å². The molecule has 5 nitrogen and oxygen atoms in total. The Kier molecular flexibility index (Phi) is 5.61. The van der Waals surface area contributed by atoms with Crippen LogP contribution in [0.15, 0.2) is 72.9 Å². The summed E-state index contributed by atoms with van der Waals surface area (Å²) in [7, 11) is 0. The lowest BCUT2D eigenvalue weighted by Crippen LogP contribution is -2.35. The molecule has 3 aromatic rings. The third kappa shape index (κ3) is 3.83. The van der Waals surface area contributed by atoms with E-state index < -0.39 is 6.04 Å². The van der Waals surface area contributed by atoms with Crippen LogP contribution in [-0.2, 0) is 11.3 Å². The number of nitrogens with zero attached hydrogens (tertiary/aromatic N) is 3. The first kappa shape index (κ1) is 19.8. The predicted octanol–water partition coefficient (Wildman–Crippen LogP) is 4.53. The van der Waals surface area contributed by atoms with Crippen LogP contribution in [0.25, 0.3) is 0 Å². The van der Waals surface area contributed by atoms with Gasteiger partial charge in [0.05, 0.1) is 23.7 Å². The molecular weight excluding hydrogens is 374 g/mol. The highest BCUT2D eigenvalue weighted by molar-refractivity contribution is 6.11. The molecule has 1 aromatic heterocycles. The molecular formula is C25H25N3O2. The molecule has 152 valence electrons. The third-order valence-corrected chi connectivity index (χ3v) is 5.55. The first-order chi connectivity index (χ1) is 14.6. The molecule has 0 spiro atoms. The average molecular weight is 399 g/mol. The SMILES string of the molecule is CCN(Cc1ccccc1)C(=O)C[C@H]1c2ncccc2C(=O)N1c1ccc(C)cc1. The summed E-state index contributed by atoms with van der Waals surface area (Å²) in [6.45, 7) is 5.14. The first-order valence-corrected chi connectivity index (χ1v) is 10.3. The maximum Gasteiger partial charge on any atom is 0.260 e. The minimum atomic E-state index is -0.409. The van der Waals surface area contributed by atoms with Gasteiger partial charge in [-0.25, -0.2) is 0 Å². The number of aryl methyl sites for hydroxylation is 1. The van der Waals surface area contributed by atoms with Gasteiger partial charge < -0.3 is 4.90 Å². The summed E-state index contributed by atoms with van der Waals surface area (Å²) in [5.41, 5.74) is 4.24. The van der Waals surface area contributed by atoms with Crippen LogP contribution >= 0.6 is 0 Å². The second kappa shape index (κ2) is 8.49. The molecule has 0 saturated carbocycles. The van der Waals surface area contributed by atoms with Gasteiger partial charge in [-0.1, -0.05) is 48.0 Å². The van der Waals surface area contributed by atoms with Crippen molar-refractivity contribution in [3.8, 4) is 0 Å². The topological polar surface area (TPSA) is 53.5 Å². The highest BCUT2D eigenvalue weighted by Gasteiger charge is 2.40. The number of amides is 2. The van der Waals surface area contributed by atoms with Crippen LogP contribution in [0.3, 0.4) is 0 Å². The van der Waals surface area contributed by atoms with Crippen LogP contribution in [0.4, 0.5) is 5.69 Å². The molecule has 1 aliphatic rings. The molecule has 1 aliphatic heterocycles. The number of carbonyl (C=O) groups excluding carboxylic acids is 2. The Morgan fingerprint density at radius 3 is 2.47 bits per heavy atom. The zero-order chi connectivity index (χ0) is 21.1. The van der Waals surface area contributed by atoms with Crippen molar-refractivity contribution in [3.05, 3.63) is 95.3 Å². The molecule has 0 bridgehead atoms. The molecule has 2 aromatic carbocycles. The van der Waals surface area contributed by atoms with Crippen molar-refractivity contribution in [2.24, 2.45) is 0 Å². The summed E-state index contributed by atoms with van der Waals surface area (Å²) in [6, 6.07) is 20.9. The van der Waals surface area contributed by atoms with Crippen molar-refractivity contribution >= 4 is 17.5 Å². The number of fused-ring (bicyclic) bond motifs is 1. The smallest absolute Gasteiger partial charge is 0.260 e. The van der Waals surface area contributed by atoms with E-state index in [1.165, 1.54) is 0 Å². The van der Waals surface area contributed by atoms with Crippen LogP contribution in [0.2, 0.25) is 0 Å². The van der Waals surface area contributed by atoms with Gasteiger partial charge in [0, 0.05) is 25.0 Å². The zero-order valence-electron chi connectivity index (χ0n) is 17.3. The molecule has 4 rings (SSSR count). The molecule has 2 heterocycles. The molecule has 2 amide bonds. The van der Waals surface area contributed by atoms with Crippen LogP contribution in [0.5, 0.6) is 0 Å². The minimum Gasteiger partial charge on any atom is -0.339 e. The van der Waals surface area contributed by atoms with E-state index in [2.05, 4.69) is 4.98 Å². The fourth-order valence-electron chi connectivity index (χ4n) is 3.92. The van der Waals surface area contributed by atoms with Gasteiger partial charge in [-0.05, 0) is 43.7 Å². The number of rotatable bonds is 6. The second-order valence-corrected chi connectivity index (χ2v) is 7.56. The van der Waals surface area contributed by atoms with Crippen molar-refractivity contribution < 1.29 is 9.59 Å². The summed E-state index contributed by atoms with van der Waals surface area (Å²) in [4.78, 5) is 34.4. The quantitative estimate of drug-likeness (QED) is 0.612. The van der Waals surface area contributed by atoms with Crippen molar-refractivity contribution in [2.45, 2.75) is 32.9 Å². The summed E-state index contributed by atoms with van der Waals surface area (Å²) < 4.78 is 0. The number of benzene rings is 2. The number of aromatic nitrogens is 1. The van der Waals surface area contributed by atoms with E-state index in [4.69, 9.17) is 0 Å². The molecule has 0 fully saturated rings. The maximum atomic E-state index is 13.2. The van der Waals surface area contributed by atoms with Gasteiger partial charge >= 0.3 is 0 Å². The Balaban J connectivity index is 1.63. The van der Waals surface area contributed by atoms with Gasteiger partial charge in [0.15, 0.2) is 0 Å². The lowest BCUT2D eigenvalue weighted by atomic mass is 10.1. The van der Waals surface area contributed by atoms with Crippen LogP contribution in [0, 0.1) is 6.92 Å². The molecule has 0 unspecified atom stereocenters. The van der Waals surface area contributed by atoms with Crippen molar-refractivity contribution in [2.75, 3.05) is 11.4 Å². The lowest BCUT2D eigenvalue weighted by molar-refractivity contribution is -0.132. The summed E-state index contributed by atoms with van der Waals surface area (Å²) in [5, 5.41) is 0. The number of pyridine rings is 1. The normalized spacial score (nSPS) is 15.2. The Bertz CT molecular complexity index is 1050. The Morgan fingerprint density at radius 2 is 1.77 bits per heavy atom. The molecule has 0 radical (unpaired) electrons. The average Bonchev–Trinajstić information content (AvgIpc) is 3.05. The molecule has 5 heteroatoms. The summed E-state index contributed by atoms with van der Waals surface area (Å²) >= 11 is 0. The van der Waals surface area contributed by atoms with Gasteiger partial charge in [0.25, 0.3) is 5.91 Å². The van der Waals surface area contributed by atoms with Gasteiger partial charge in [0.1, 0.15) is 0 Å². The highest BCUT2D eigenvalue weighted by Crippen LogP contribution is 2.38. The third-order valence-electron chi connectivity index (χ3n) is 5.55. The van der Waals surface area contributed by atoms with Gasteiger partial charge in [-0.15, -0.1) is 0 Å². The van der Waals surface area contributed by atoms with Crippen molar-refractivity contribution in [1.29, 1.82) is 0 Å². The van der Waals surface area contributed by atoms with Crippen LogP contribution in [-0.4, -0.2) is 28.2 Å². The number of hydrogen-bond acceptors (Lipinski definition) is 3. The highest BCUT2D eigenvalue weighted by atomic mass is 16.2. The largest absolute Gasteiger partial charge is 0.339 e. The second-order valence-electron chi connectivity index (χ2n) is 7.56. The molecule has 0 N–H and O–H groups in total. The summed E-state index contributed by atoms with van der Waals surface area (Å²) in [6.07, 6.45) is 1.88. The van der Waals surface area contributed by atoms with E-state index in [1.807, 2.05) is 73.3 Å². The van der Waals surface area contributed by atoms with Gasteiger partial charge in [-0.3, -0.25) is 19.5 Å². The lowest BCUT2D eigenvalue weighted by Gasteiger charge is -2.28. The Hall–Kier alpha value is -3.47. The summed E-state index contributed by atoms with van der Waals surface area (Å²) in [5.74, 6) is -0.0966. The van der Waals surface area contributed by atoms with Crippen molar-refractivity contribution in [3.63, 3.8) is 0 Å². The number of hydrogen-bond donors (Lipinski definition) is 0. The standard InChI is InChI=1S/C25H25N3O2/c1-3-27(17-19-8-5-4-6-9-19)23(29)16-22-24-21(10-7-15-26-24)25(30)28(22)20-13-11-18(2)12-14-20/h4-15,22H,3,16-17H2,1-2H3/t22-/m0/s1. The zero-order valence-corrected chi connectivity index (χ0v) is 17.3. The maximum absolute atomic E-state index is 13.2. The van der Waals surface area contributed by atoms with Gasteiger partial charge in [0.2, 0.25) is 5.91 Å². The molecule has 0 saturated heterocycles. The number of carbonyl (C=O) groups is 2. The minimum absolute atomic E-state index is 0.00904. The molecule has 30 heavy (non-hydrogen) atoms. The predicted molar refractivity (Wildman–Crippen MR) is 117 cm³/mol. The Morgan fingerprint density at radius 1 is 1.03 bits per heavy atom. The van der Waals surface area contributed by atoms with E-state index >= 15 is 0 Å². The van der Waals surface area contributed by atoms with Crippen LogP contribution < -0.4 is 4.90 Å². The fraction of sp³-hybridized carbons (Fsp3) is 0.240. The van der Waals surface area contributed by atoms with E-state index in [-0.39, 0.29) is 18.2 Å². The van der Waals surface area contributed by atoms with E-state index in [0.29, 0.717) is 24.3 Å². The number of anilines is 1. The van der Waals surface area contributed by atoms with E-state index in [1.54, 1.807) is 23.2 Å². The van der Waals surface area contributed by atoms with Gasteiger partial charge in [-0.2, -0.15) is 0 Å². The van der Waals surface area contributed by atoms with Crippen LogP contribution in [0.1, 0.15) is 46.6 Å². The monoisotopic (exact) mass is 399 g/mol. The first-order valence-electron chi connectivity index (χ1n) is 10.3. The fourth-order valence-corrected chi connectivity index (χ4v) is 3.92.